The van der Waals surface area contributed by atoms with E-state index in [1.54, 1.807) is 38.5 Å². The molecule has 172 valence electrons. The summed E-state index contributed by atoms with van der Waals surface area (Å²) in [6, 6.07) is 12.4. The van der Waals surface area contributed by atoms with E-state index in [1.807, 2.05) is 37.1 Å². The smallest absolute Gasteiger partial charge is 0.240 e. The minimum absolute atomic E-state index is 0. The normalized spacial score (nSPS) is 11.5. The summed E-state index contributed by atoms with van der Waals surface area (Å²) in [6.07, 6.45) is 0. The van der Waals surface area contributed by atoms with Gasteiger partial charge in [0.15, 0.2) is 5.96 Å². The van der Waals surface area contributed by atoms with Crippen molar-refractivity contribution in [2.24, 2.45) is 4.99 Å². The lowest BCUT2D eigenvalue weighted by atomic mass is 10.2. The van der Waals surface area contributed by atoms with Gasteiger partial charge in [-0.3, -0.25) is 0 Å². The van der Waals surface area contributed by atoms with Crippen molar-refractivity contribution in [1.82, 2.24) is 14.9 Å². The molecule has 31 heavy (non-hydrogen) atoms. The monoisotopic (exact) mass is 562 g/mol. The molecule has 0 aromatic heterocycles. The molecule has 0 radical (unpaired) electrons. The minimum atomic E-state index is -3.44. The molecule has 2 N–H and O–H groups in total. The number of guanidine groups is 1. The van der Waals surface area contributed by atoms with Crippen LogP contribution >= 0.6 is 24.0 Å². The topological polar surface area (TPSA) is 92.3 Å². The highest BCUT2D eigenvalue weighted by Crippen LogP contribution is 2.25. The van der Waals surface area contributed by atoms with Gasteiger partial charge in [0.25, 0.3) is 0 Å². The summed E-state index contributed by atoms with van der Waals surface area (Å²) in [4.78, 5) is 6.92. The van der Waals surface area contributed by atoms with E-state index in [0.29, 0.717) is 13.1 Å². The number of rotatable bonds is 9. The first-order valence-electron chi connectivity index (χ1n) is 9.57. The molecule has 0 fully saturated rings. The fourth-order valence-corrected chi connectivity index (χ4v) is 3.57. The van der Waals surface area contributed by atoms with E-state index in [-0.39, 0.29) is 28.9 Å². The van der Waals surface area contributed by atoms with Crippen LogP contribution in [-0.2, 0) is 23.1 Å². The molecule has 0 amide bonds. The Kier molecular flexibility index (Phi) is 11.1. The van der Waals surface area contributed by atoms with Gasteiger partial charge in [-0.2, -0.15) is 0 Å². The van der Waals surface area contributed by atoms with Gasteiger partial charge in [0.1, 0.15) is 11.5 Å². The van der Waals surface area contributed by atoms with Crippen LogP contribution in [0.1, 0.15) is 18.1 Å². The Morgan fingerprint density at radius 3 is 2.32 bits per heavy atom. The van der Waals surface area contributed by atoms with E-state index in [1.165, 1.54) is 7.05 Å². The summed E-state index contributed by atoms with van der Waals surface area (Å²) >= 11 is 0. The molecule has 2 aromatic rings. The van der Waals surface area contributed by atoms with E-state index < -0.39 is 10.0 Å². The van der Waals surface area contributed by atoms with E-state index in [0.717, 1.165) is 35.1 Å². The Hall–Kier alpha value is -2.05. The maximum Gasteiger partial charge on any atom is 0.240 e. The maximum absolute atomic E-state index is 11.8. The number of hydrogen-bond acceptors (Lipinski definition) is 5. The zero-order chi connectivity index (χ0) is 22.1. The van der Waals surface area contributed by atoms with Crippen LogP contribution in [0.5, 0.6) is 11.5 Å². The maximum atomic E-state index is 11.8. The highest BCUT2D eigenvalue weighted by atomic mass is 127. The Labute approximate surface area is 202 Å². The second-order valence-corrected chi connectivity index (χ2v) is 8.44. The van der Waals surface area contributed by atoms with Gasteiger partial charge in [-0.1, -0.05) is 12.1 Å². The molecule has 0 saturated heterocycles. The Morgan fingerprint density at radius 1 is 1.10 bits per heavy atom. The van der Waals surface area contributed by atoms with E-state index in [4.69, 9.17) is 9.47 Å². The Balaban J connectivity index is 0.00000480. The highest BCUT2D eigenvalue weighted by molar-refractivity contribution is 14.0. The van der Waals surface area contributed by atoms with Gasteiger partial charge in [0.2, 0.25) is 10.0 Å². The molecule has 0 bridgehead atoms. The number of aliphatic imine (C=N–C) groups is 1. The minimum Gasteiger partial charge on any atom is -0.497 e. The predicted molar refractivity (Wildman–Crippen MR) is 134 cm³/mol. The molecule has 10 heteroatoms. The number of nitrogens with zero attached hydrogens (tertiary/aromatic N) is 2. The zero-order valence-electron chi connectivity index (χ0n) is 18.5. The van der Waals surface area contributed by atoms with E-state index in [2.05, 4.69) is 15.0 Å². The summed E-state index contributed by atoms with van der Waals surface area (Å²) in [5, 5.41) is 3.28. The second-order valence-electron chi connectivity index (χ2n) is 6.56. The number of sulfonamides is 1. The van der Waals surface area contributed by atoms with Crippen LogP contribution in [0.3, 0.4) is 0 Å². The molecular formula is C21H31IN4O4S. The standard InChI is InChI=1S/C21H30N4O4S.HI/c1-6-23-21(24-14-16-7-11-19(12-8-16)30(26,27)22-2)25(3)15-17-9-10-18(28-4)13-20(17)29-5;/h7-13,22H,6,14-15H2,1-5H3,(H,23,24);1H. The number of methoxy groups -OCH3 is 2. The average molecular weight is 562 g/mol. The van der Waals surface area contributed by atoms with Gasteiger partial charge in [0.05, 0.1) is 25.7 Å². The van der Waals surface area contributed by atoms with Crippen molar-refractivity contribution in [3.05, 3.63) is 53.6 Å². The SMILES string of the molecule is CCNC(=NCc1ccc(S(=O)(=O)NC)cc1)N(C)Cc1ccc(OC)cc1OC.I. The first-order chi connectivity index (χ1) is 14.3. The molecular weight excluding hydrogens is 531 g/mol. The molecule has 2 aromatic carbocycles. The second kappa shape index (κ2) is 12.7. The van der Waals surface area contributed by atoms with Crippen molar-refractivity contribution in [1.29, 1.82) is 0 Å². The molecule has 0 aliphatic rings. The summed E-state index contributed by atoms with van der Waals surface area (Å²) in [5.41, 5.74) is 1.92. The highest BCUT2D eigenvalue weighted by Gasteiger charge is 2.12. The molecule has 0 aliphatic carbocycles. The van der Waals surface area contributed by atoms with Gasteiger partial charge < -0.3 is 19.7 Å². The summed E-state index contributed by atoms with van der Waals surface area (Å²) in [5.74, 6) is 2.23. The van der Waals surface area contributed by atoms with Gasteiger partial charge in [-0.15, -0.1) is 24.0 Å². The van der Waals surface area contributed by atoms with Crippen molar-refractivity contribution in [3.8, 4) is 11.5 Å². The van der Waals surface area contributed by atoms with Gasteiger partial charge in [-0.05, 0) is 43.8 Å². The fourth-order valence-electron chi connectivity index (χ4n) is 2.84. The predicted octanol–water partition coefficient (Wildman–Crippen LogP) is 2.83. The summed E-state index contributed by atoms with van der Waals surface area (Å²) in [6.45, 7) is 3.75. The molecule has 0 heterocycles. The third-order valence-electron chi connectivity index (χ3n) is 4.51. The lowest BCUT2D eigenvalue weighted by Gasteiger charge is -2.23. The number of nitrogens with one attached hydrogen (secondary N) is 2. The largest absolute Gasteiger partial charge is 0.497 e. The Morgan fingerprint density at radius 2 is 1.77 bits per heavy atom. The summed E-state index contributed by atoms with van der Waals surface area (Å²) < 4.78 is 36.7. The van der Waals surface area contributed by atoms with Crippen LogP contribution in [0.15, 0.2) is 52.4 Å². The molecule has 0 saturated carbocycles. The number of ether oxygens (including phenoxy) is 2. The number of benzene rings is 2. The van der Waals surface area contributed by atoms with Crippen LogP contribution in [0.2, 0.25) is 0 Å². The van der Waals surface area contributed by atoms with Crippen molar-refractivity contribution in [2.75, 3.05) is 34.9 Å². The average Bonchev–Trinajstić information content (AvgIpc) is 2.77. The first-order valence-corrected chi connectivity index (χ1v) is 11.1. The third-order valence-corrected chi connectivity index (χ3v) is 5.94. The van der Waals surface area contributed by atoms with E-state index in [9.17, 15) is 8.42 Å². The number of halogens is 1. The van der Waals surface area contributed by atoms with Crippen molar-refractivity contribution >= 4 is 40.0 Å². The van der Waals surface area contributed by atoms with Crippen molar-refractivity contribution in [2.45, 2.75) is 24.9 Å². The van der Waals surface area contributed by atoms with Crippen molar-refractivity contribution < 1.29 is 17.9 Å². The van der Waals surface area contributed by atoms with Crippen LogP contribution < -0.4 is 19.5 Å². The molecule has 0 spiro atoms. The van der Waals surface area contributed by atoms with Gasteiger partial charge in [0, 0.05) is 31.8 Å². The lowest BCUT2D eigenvalue weighted by Crippen LogP contribution is -2.38. The molecule has 8 nitrogen and oxygen atoms in total. The third kappa shape index (κ3) is 7.54. The quantitative estimate of drug-likeness (QED) is 0.278. The summed E-state index contributed by atoms with van der Waals surface area (Å²) in [7, 11) is 3.16. The molecule has 2 rings (SSSR count). The number of hydrogen-bond donors (Lipinski definition) is 2. The fraction of sp³-hybridized carbons (Fsp3) is 0.381. The Bertz CT molecular complexity index is 966. The van der Waals surface area contributed by atoms with Crippen LogP contribution in [0.4, 0.5) is 0 Å². The van der Waals surface area contributed by atoms with Crippen molar-refractivity contribution in [3.63, 3.8) is 0 Å². The van der Waals surface area contributed by atoms with E-state index >= 15 is 0 Å². The molecule has 0 aliphatic heterocycles. The van der Waals surface area contributed by atoms with Gasteiger partial charge >= 0.3 is 0 Å². The molecule has 0 unspecified atom stereocenters. The van der Waals surface area contributed by atoms with Gasteiger partial charge in [-0.25, -0.2) is 18.1 Å². The zero-order valence-corrected chi connectivity index (χ0v) is 21.7. The van der Waals surface area contributed by atoms with Crippen LogP contribution in [0, 0.1) is 0 Å². The van der Waals surface area contributed by atoms with Crippen LogP contribution in [0.25, 0.3) is 0 Å². The lowest BCUT2D eigenvalue weighted by molar-refractivity contribution is 0.382. The molecule has 0 atom stereocenters. The first kappa shape index (κ1) is 27.0. The van der Waals surface area contributed by atoms with Crippen LogP contribution in [-0.4, -0.2) is 54.1 Å².